The van der Waals surface area contributed by atoms with Gasteiger partial charge in [0.15, 0.2) is 12.1 Å². The van der Waals surface area contributed by atoms with Crippen LogP contribution in [-0.2, 0) is 54.5 Å². The summed E-state index contributed by atoms with van der Waals surface area (Å²) in [7, 11) is -4.99. The minimum atomic E-state index is -4.99. The molecule has 352 valence electrons. The lowest BCUT2D eigenvalue weighted by molar-refractivity contribution is -0.243. The molecule has 0 radical (unpaired) electrons. The van der Waals surface area contributed by atoms with Crippen LogP contribution in [0.4, 0.5) is 5.69 Å². The lowest BCUT2D eigenvalue weighted by Gasteiger charge is -2.60. The molecule has 3 fully saturated rings. The van der Waals surface area contributed by atoms with Gasteiger partial charge in [-0.25, -0.2) is 4.18 Å². The number of Topliss-reactive ketones (excluding diaryl/α,β-unsaturated/α-hetero) is 1. The summed E-state index contributed by atoms with van der Waals surface area (Å²) in [5.74, 6) is -4.27. The molecule has 1 heterocycles. The molecule has 2 aromatic rings. The maximum Gasteiger partial charge on any atom is 0.397 e. The third-order valence-electron chi connectivity index (χ3n) is 14.4. The molecular formula is C48H56N4O13S. The molecule has 5 amide bonds. The molecule has 4 aliphatic carbocycles. The van der Waals surface area contributed by atoms with E-state index < -0.39 is 99.8 Å². The summed E-state index contributed by atoms with van der Waals surface area (Å²) in [6.07, 6.45) is 8.47. The predicted octanol–water partition coefficient (Wildman–Crippen LogP) is 3.55. The molecule has 3 saturated carbocycles. The van der Waals surface area contributed by atoms with Crippen molar-refractivity contribution in [2.24, 2.45) is 28.6 Å². The fourth-order valence-electron chi connectivity index (χ4n) is 11.1. The van der Waals surface area contributed by atoms with Crippen LogP contribution in [-0.4, -0.2) is 100 Å². The number of carbonyl (C=O) groups excluding carboxylic acids is 6. The summed E-state index contributed by atoms with van der Waals surface area (Å²) < 4.78 is 43.8. The molecule has 0 unspecified atom stereocenters. The molecule has 66 heavy (non-hydrogen) atoms. The van der Waals surface area contributed by atoms with Gasteiger partial charge in [0, 0.05) is 40.2 Å². The fourth-order valence-corrected chi connectivity index (χ4v) is 11.4. The minimum Gasteiger partial charge on any atom is -0.393 e. The lowest BCUT2D eigenvalue weighted by Crippen LogP contribution is -2.62. The maximum absolute atomic E-state index is 14.3. The molecule has 7 rings (SSSR count). The number of anilines is 1. The standard InChI is InChI=1S/C48H56N4O13S/c1-27-17-19-46(4)33(21-27)13-14-35-36-18-20-48(38(54)26-64-66(61,62)63,47(36,5)24-37(53)42(35)46)65-45(60)32-11-9-30(10-12-32)22-31-7-6-8-34(23-31)51-44(59)29(3)50-43(58)28(2)49-39(55)25-52-40(56)15-16-41(52)57/h6-12,15-17,19,21,23,28-29,35-37,42,45,53,60H,1,13-14,18,20,22,24-26H2,2-5H3,(H,49,55)(H,50,58)(H,51,59)(H,61,62,63)/t28-,29-,35-,36-,37-,42+,45+,46-,47-,48-/m0/s1. The number of allylic oxidation sites excluding steroid dienone is 5. The highest BCUT2D eigenvalue weighted by atomic mass is 32.3. The van der Waals surface area contributed by atoms with Crippen LogP contribution < -0.4 is 16.0 Å². The molecule has 0 saturated heterocycles. The Hall–Kier alpha value is -5.63. The molecular weight excluding hydrogens is 873 g/mol. The second-order valence-corrected chi connectivity index (χ2v) is 19.6. The van der Waals surface area contributed by atoms with Gasteiger partial charge in [-0.15, -0.1) is 0 Å². The second-order valence-electron chi connectivity index (χ2n) is 18.6. The Morgan fingerprint density at radius 3 is 2.30 bits per heavy atom. The number of benzene rings is 2. The van der Waals surface area contributed by atoms with Crippen molar-refractivity contribution < 1.29 is 60.9 Å². The first-order chi connectivity index (χ1) is 31.0. The van der Waals surface area contributed by atoms with Crippen LogP contribution in [0.3, 0.4) is 0 Å². The number of imide groups is 1. The Labute approximate surface area is 383 Å². The molecule has 18 heteroatoms. The Balaban J connectivity index is 0.992. The number of fused-ring (bicyclic) bond motifs is 5. The van der Waals surface area contributed by atoms with Crippen LogP contribution in [0.5, 0.6) is 0 Å². The molecule has 10 atom stereocenters. The number of hydrogen-bond donors (Lipinski definition) is 6. The summed E-state index contributed by atoms with van der Waals surface area (Å²) in [6, 6.07) is 11.8. The first-order valence-electron chi connectivity index (χ1n) is 21.9. The van der Waals surface area contributed by atoms with Crippen molar-refractivity contribution in [2.75, 3.05) is 18.5 Å². The Morgan fingerprint density at radius 1 is 0.939 bits per heavy atom. The van der Waals surface area contributed by atoms with E-state index in [4.69, 9.17) is 4.74 Å². The van der Waals surface area contributed by atoms with Gasteiger partial charge in [-0.2, -0.15) is 8.42 Å². The SMILES string of the molecule is C=C1C=C[C@@]2(C)C(=C1)CC[C@@H]1[C@@H]2[C@@H](O)C[C@@]2(C)[C@H]1CC[C@]2(O[C@@H](O)c1ccc(Cc2cccc(NC(=O)[C@H](C)NC(=O)[C@H](C)NC(=O)CN3C(=O)C=CC3=O)c2)cc1)C(=O)COS(=O)(=O)O. The smallest absolute Gasteiger partial charge is 0.393 e. The Bertz CT molecular complexity index is 2520. The monoisotopic (exact) mass is 928 g/mol. The van der Waals surface area contributed by atoms with Gasteiger partial charge in [0.1, 0.15) is 30.8 Å². The first-order valence-corrected chi connectivity index (χ1v) is 23.3. The zero-order chi connectivity index (χ0) is 47.9. The van der Waals surface area contributed by atoms with Crippen LogP contribution in [0, 0.1) is 28.6 Å². The summed E-state index contributed by atoms with van der Waals surface area (Å²) in [5.41, 5.74) is 1.24. The minimum absolute atomic E-state index is 0.0199. The number of ketones is 1. The molecule has 17 nitrogen and oxygen atoms in total. The van der Waals surface area contributed by atoms with Crippen molar-refractivity contribution >= 4 is 51.4 Å². The van der Waals surface area contributed by atoms with E-state index in [1.54, 1.807) is 42.5 Å². The summed E-state index contributed by atoms with van der Waals surface area (Å²) in [4.78, 5) is 76.7. The molecule has 1 aliphatic heterocycles. The number of rotatable bonds is 16. The highest BCUT2D eigenvalue weighted by Gasteiger charge is 2.69. The van der Waals surface area contributed by atoms with E-state index in [0.29, 0.717) is 24.1 Å². The van der Waals surface area contributed by atoms with Crippen molar-refractivity contribution in [1.82, 2.24) is 15.5 Å². The third kappa shape index (κ3) is 9.61. The topological polar surface area (TPSA) is 255 Å². The van der Waals surface area contributed by atoms with E-state index in [0.717, 1.165) is 46.6 Å². The lowest BCUT2D eigenvalue weighted by atomic mass is 9.46. The average Bonchev–Trinajstić information content (AvgIpc) is 3.73. The van der Waals surface area contributed by atoms with Crippen LogP contribution in [0.25, 0.3) is 0 Å². The van der Waals surface area contributed by atoms with E-state index in [-0.39, 0.29) is 30.6 Å². The maximum atomic E-state index is 14.3. The van der Waals surface area contributed by atoms with Crippen molar-refractivity contribution in [3.8, 4) is 0 Å². The highest BCUT2D eigenvalue weighted by molar-refractivity contribution is 7.80. The third-order valence-corrected chi connectivity index (χ3v) is 14.8. The van der Waals surface area contributed by atoms with Gasteiger partial charge in [0.25, 0.3) is 11.8 Å². The summed E-state index contributed by atoms with van der Waals surface area (Å²) >= 11 is 0. The zero-order valence-corrected chi connectivity index (χ0v) is 38.0. The van der Waals surface area contributed by atoms with Gasteiger partial charge in [-0.05, 0) is 93.0 Å². The van der Waals surface area contributed by atoms with Crippen LogP contribution in [0.15, 0.2) is 96.6 Å². The van der Waals surface area contributed by atoms with Crippen molar-refractivity contribution in [1.29, 1.82) is 0 Å². The predicted molar refractivity (Wildman–Crippen MR) is 239 cm³/mol. The number of aliphatic hydroxyl groups is 2. The van der Waals surface area contributed by atoms with E-state index in [2.05, 4.69) is 45.8 Å². The molecule has 2 aromatic carbocycles. The Morgan fingerprint density at radius 2 is 1.62 bits per heavy atom. The number of nitrogens with zero attached hydrogens (tertiary/aromatic N) is 1. The number of amides is 5. The first kappa shape index (κ1) is 48.3. The number of aliphatic hydroxyl groups excluding tert-OH is 2. The molecule has 6 N–H and O–H groups in total. The summed E-state index contributed by atoms with van der Waals surface area (Å²) in [5, 5.41) is 31.4. The second kappa shape index (κ2) is 18.6. The van der Waals surface area contributed by atoms with Crippen molar-refractivity contribution in [3.05, 3.63) is 113 Å². The highest BCUT2D eigenvalue weighted by Crippen LogP contribution is 2.68. The molecule has 0 bridgehead atoms. The fraction of sp³-hybridized carbons (Fsp3) is 0.458. The molecule has 0 aromatic heterocycles. The van der Waals surface area contributed by atoms with E-state index >= 15 is 0 Å². The van der Waals surface area contributed by atoms with Crippen LogP contribution >= 0.6 is 0 Å². The van der Waals surface area contributed by atoms with Crippen LogP contribution in [0.2, 0.25) is 0 Å². The van der Waals surface area contributed by atoms with Gasteiger partial charge in [0.05, 0.1) is 6.10 Å². The van der Waals surface area contributed by atoms with Gasteiger partial charge in [0.2, 0.25) is 17.7 Å². The largest absolute Gasteiger partial charge is 0.397 e. The van der Waals surface area contributed by atoms with Gasteiger partial charge >= 0.3 is 10.4 Å². The molecule has 5 aliphatic rings. The van der Waals surface area contributed by atoms with Gasteiger partial charge in [-0.1, -0.05) is 80.6 Å². The number of carbonyl (C=O) groups is 6. The summed E-state index contributed by atoms with van der Waals surface area (Å²) in [6.45, 7) is 9.38. The number of nitrogens with one attached hydrogen (secondary N) is 3. The number of ether oxygens (including phenoxy) is 1. The molecule has 0 spiro atoms. The van der Waals surface area contributed by atoms with Gasteiger partial charge in [-0.3, -0.25) is 38.2 Å². The van der Waals surface area contributed by atoms with Crippen LogP contribution in [0.1, 0.15) is 82.8 Å². The quantitative estimate of drug-likeness (QED) is 0.0802. The Kier molecular flexibility index (Phi) is 13.6. The zero-order valence-electron chi connectivity index (χ0n) is 37.2. The van der Waals surface area contributed by atoms with Crippen molar-refractivity contribution in [2.45, 2.75) is 96.3 Å². The van der Waals surface area contributed by atoms with Crippen molar-refractivity contribution in [3.63, 3.8) is 0 Å². The normalized spacial score (nSPS) is 29.2. The van der Waals surface area contributed by atoms with E-state index in [1.807, 2.05) is 19.1 Å². The number of hydrogen-bond acceptors (Lipinski definition) is 12. The van der Waals surface area contributed by atoms with E-state index in [9.17, 15) is 52.0 Å². The average molecular weight is 929 g/mol. The van der Waals surface area contributed by atoms with Gasteiger partial charge < -0.3 is 30.9 Å². The van der Waals surface area contributed by atoms with E-state index in [1.165, 1.54) is 19.4 Å².